The molecular weight excluding hydrogens is 493 g/mol. The highest BCUT2D eigenvalue weighted by Crippen LogP contribution is 2.38. The molecule has 1 aliphatic carbocycles. The van der Waals surface area contributed by atoms with E-state index in [1.807, 2.05) is 0 Å². The number of aromatic amines is 1. The summed E-state index contributed by atoms with van der Waals surface area (Å²) in [6.45, 7) is 2.17. The number of anilines is 1. The van der Waals surface area contributed by atoms with Crippen molar-refractivity contribution < 1.29 is 37.7 Å². The molecular formula is C22H26ClF3N4O5. The van der Waals surface area contributed by atoms with Crippen molar-refractivity contribution in [2.75, 3.05) is 18.0 Å². The third kappa shape index (κ3) is 7.23. The number of benzene rings is 1. The first kappa shape index (κ1) is 26.6. The standard InChI is InChI=1S/C20H25ClN4O3.C2HF3O2/c21-16-12-14(6-9-17(16)25-10-2-1-3-11-25)13-4-7-15(8-5-13)28-19-18(20(26)27)22-24-23-19;3-2(4,5)1(6)7/h6,9,12-13,15H,1-5,7-8,10-11H2,(H,26,27)(H,22,23,24);(H,6,7). The van der Waals surface area contributed by atoms with Gasteiger partial charge in [-0.1, -0.05) is 28.0 Å². The number of aliphatic carboxylic acids is 1. The van der Waals surface area contributed by atoms with Gasteiger partial charge in [0.05, 0.1) is 10.7 Å². The zero-order chi connectivity index (χ0) is 25.6. The van der Waals surface area contributed by atoms with E-state index in [1.54, 1.807) is 0 Å². The maximum Gasteiger partial charge on any atom is 0.490 e. The Hall–Kier alpha value is -3.02. The summed E-state index contributed by atoms with van der Waals surface area (Å²) >= 11 is 6.61. The molecule has 0 unspecified atom stereocenters. The van der Waals surface area contributed by atoms with E-state index in [9.17, 15) is 18.0 Å². The van der Waals surface area contributed by atoms with Crippen molar-refractivity contribution >= 4 is 29.2 Å². The van der Waals surface area contributed by atoms with Crippen LogP contribution in [0.3, 0.4) is 0 Å². The maximum absolute atomic E-state index is 11.1. The highest BCUT2D eigenvalue weighted by atomic mass is 35.5. The number of aromatic nitrogens is 3. The molecule has 9 nitrogen and oxygen atoms in total. The molecule has 1 aliphatic heterocycles. The molecule has 2 aliphatic rings. The molecule has 0 atom stereocenters. The first-order valence-electron chi connectivity index (χ1n) is 11.2. The van der Waals surface area contributed by atoms with Crippen molar-refractivity contribution in [2.45, 2.75) is 63.1 Å². The summed E-state index contributed by atoms with van der Waals surface area (Å²) in [7, 11) is 0. The minimum Gasteiger partial charge on any atom is -0.476 e. The van der Waals surface area contributed by atoms with Crippen molar-refractivity contribution in [3.8, 4) is 5.88 Å². The van der Waals surface area contributed by atoms with Crippen LogP contribution in [-0.2, 0) is 4.79 Å². The number of carboxylic acid groups (broad SMARTS) is 2. The highest BCUT2D eigenvalue weighted by Gasteiger charge is 2.38. The van der Waals surface area contributed by atoms with Crippen molar-refractivity contribution in [3.63, 3.8) is 0 Å². The quantitative estimate of drug-likeness (QED) is 0.510. The molecule has 1 aromatic heterocycles. The second-order valence-electron chi connectivity index (χ2n) is 8.45. The number of carbonyl (C=O) groups is 2. The average molecular weight is 519 g/mol. The van der Waals surface area contributed by atoms with Crippen molar-refractivity contribution in [3.05, 3.63) is 34.5 Å². The Morgan fingerprint density at radius 2 is 1.71 bits per heavy atom. The summed E-state index contributed by atoms with van der Waals surface area (Å²) in [5, 5.41) is 26.7. The van der Waals surface area contributed by atoms with Crippen molar-refractivity contribution in [1.82, 2.24) is 15.4 Å². The monoisotopic (exact) mass is 518 g/mol. The van der Waals surface area contributed by atoms with Crippen molar-refractivity contribution in [1.29, 1.82) is 0 Å². The lowest BCUT2D eigenvalue weighted by Crippen LogP contribution is -2.29. The fourth-order valence-electron chi connectivity index (χ4n) is 4.28. The van der Waals surface area contributed by atoms with Gasteiger partial charge < -0.3 is 19.8 Å². The summed E-state index contributed by atoms with van der Waals surface area (Å²) in [6, 6.07) is 6.50. The van der Waals surface area contributed by atoms with Gasteiger partial charge in [-0.3, -0.25) is 0 Å². The van der Waals surface area contributed by atoms with Crippen LogP contribution in [0.5, 0.6) is 5.88 Å². The lowest BCUT2D eigenvalue weighted by atomic mass is 9.82. The van der Waals surface area contributed by atoms with Gasteiger partial charge in [-0.15, -0.1) is 0 Å². The zero-order valence-corrected chi connectivity index (χ0v) is 19.5. The van der Waals surface area contributed by atoms with E-state index in [0.29, 0.717) is 5.92 Å². The van der Waals surface area contributed by atoms with Gasteiger partial charge in [0, 0.05) is 13.1 Å². The molecule has 1 saturated carbocycles. The molecule has 2 fully saturated rings. The number of piperidine rings is 1. The van der Waals surface area contributed by atoms with Crippen LogP contribution in [0.4, 0.5) is 18.9 Å². The van der Waals surface area contributed by atoms with E-state index in [1.165, 1.54) is 24.8 Å². The number of ether oxygens (including phenoxy) is 1. The van der Waals surface area contributed by atoms with Gasteiger partial charge in [0.2, 0.25) is 5.69 Å². The molecule has 0 radical (unpaired) electrons. The van der Waals surface area contributed by atoms with Crippen LogP contribution in [0, 0.1) is 0 Å². The second kappa shape index (κ2) is 11.6. The van der Waals surface area contributed by atoms with E-state index >= 15 is 0 Å². The summed E-state index contributed by atoms with van der Waals surface area (Å²) in [4.78, 5) is 22.4. The number of hydrogen-bond acceptors (Lipinski definition) is 6. The van der Waals surface area contributed by atoms with Crippen LogP contribution in [0.25, 0.3) is 0 Å². The Morgan fingerprint density at radius 1 is 1.09 bits per heavy atom. The first-order valence-corrected chi connectivity index (χ1v) is 11.6. The fourth-order valence-corrected chi connectivity index (χ4v) is 4.59. The van der Waals surface area contributed by atoms with Crippen LogP contribution >= 0.6 is 11.6 Å². The van der Waals surface area contributed by atoms with Crippen molar-refractivity contribution in [2.24, 2.45) is 0 Å². The lowest BCUT2D eigenvalue weighted by molar-refractivity contribution is -0.192. The Kier molecular flexibility index (Phi) is 8.82. The molecule has 4 rings (SSSR count). The summed E-state index contributed by atoms with van der Waals surface area (Å²) in [6.07, 6.45) is 2.30. The average Bonchev–Trinajstić information content (AvgIpc) is 3.28. The van der Waals surface area contributed by atoms with E-state index in [0.717, 1.165) is 49.5 Å². The first-order chi connectivity index (χ1) is 16.6. The highest BCUT2D eigenvalue weighted by molar-refractivity contribution is 6.33. The Bertz CT molecular complexity index is 1020. The zero-order valence-electron chi connectivity index (χ0n) is 18.7. The molecule has 0 bridgehead atoms. The Labute approximate surface area is 204 Å². The largest absolute Gasteiger partial charge is 0.490 e. The van der Waals surface area contributed by atoms with Crippen LogP contribution < -0.4 is 9.64 Å². The van der Waals surface area contributed by atoms with E-state index in [4.69, 9.17) is 31.3 Å². The van der Waals surface area contributed by atoms with Gasteiger partial charge in [-0.2, -0.15) is 13.2 Å². The summed E-state index contributed by atoms with van der Waals surface area (Å²) in [5.41, 5.74) is 2.33. The molecule has 3 N–H and O–H groups in total. The molecule has 1 saturated heterocycles. The third-order valence-electron chi connectivity index (χ3n) is 6.07. The minimum atomic E-state index is -5.08. The van der Waals surface area contributed by atoms with E-state index in [2.05, 4.69) is 38.5 Å². The molecule has 192 valence electrons. The predicted molar refractivity (Wildman–Crippen MR) is 120 cm³/mol. The molecule has 2 aromatic rings. The van der Waals surface area contributed by atoms with Crippen LogP contribution in [0.2, 0.25) is 5.02 Å². The Balaban J connectivity index is 0.000000429. The SMILES string of the molecule is O=C(O)C(F)(F)F.O=C(O)c1[nH]nnc1OC1CCC(c2ccc(N3CCCCC3)c(Cl)c2)CC1. The number of rotatable bonds is 5. The number of H-pyrrole nitrogens is 1. The maximum atomic E-state index is 11.1. The van der Waals surface area contributed by atoms with Gasteiger partial charge >= 0.3 is 18.1 Å². The summed E-state index contributed by atoms with van der Waals surface area (Å²) in [5.74, 6) is -3.35. The minimum absolute atomic E-state index is 0.0393. The van der Waals surface area contributed by atoms with Gasteiger partial charge in [0.1, 0.15) is 6.10 Å². The van der Waals surface area contributed by atoms with Gasteiger partial charge in [0.15, 0.2) is 0 Å². The number of nitrogens with zero attached hydrogens (tertiary/aromatic N) is 3. The van der Waals surface area contributed by atoms with Gasteiger partial charge in [-0.25, -0.2) is 14.7 Å². The van der Waals surface area contributed by atoms with E-state index in [-0.39, 0.29) is 17.7 Å². The molecule has 0 amide bonds. The molecule has 0 spiro atoms. The topological polar surface area (TPSA) is 129 Å². The summed E-state index contributed by atoms with van der Waals surface area (Å²) < 4.78 is 37.5. The van der Waals surface area contributed by atoms with Gasteiger partial charge in [-0.05, 0) is 68.6 Å². The number of carboxylic acids is 2. The molecule has 35 heavy (non-hydrogen) atoms. The van der Waals surface area contributed by atoms with Crippen LogP contribution in [0.1, 0.15) is 66.9 Å². The smallest absolute Gasteiger partial charge is 0.476 e. The number of aromatic carboxylic acids is 1. The number of alkyl halides is 3. The molecule has 13 heteroatoms. The second-order valence-corrected chi connectivity index (χ2v) is 8.86. The Morgan fingerprint density at radius 3 is 2.26 bits per heavy atom. The molecule has 1 aromatic carbocycles. The van der Waals surface area contributed by atoms with Gasteiger partial charge in [0.25, 0.3) is 5.88 Å². The molecule has 2 heterocycles. The van der Waals surface area contributed by atoms with Crippen LogP contribution in [-0.4, -0.2) is 62.9 Å². The number of halogens is 4. The van der Waals surface area contributed by atoms with Crippen LogP contribution in [0.15, 0.2) is 18.2 Å². The van der Waals surface area contributed by atoms with E-state index < -0.39 is 18.1 Å². The predicted octanol–water partition coefficient (Wildman–Crippen LogP) is 4.89. The third-order valence-corrected chi connectivity index (χ3v) is 6.37. The lowest BCUT2D eigenvalue weighted by Gasteiger charge is -2.31. The fraction of sp³-hybridized carbons (Fsp3) is 0.545. The normalized spacial score (nSPS) is 20.5. The number of nitrogens with one attached hydrogen (secondary N) is 1. The number of hydrogen-bond donors (Lipinski definition) is 3.